The van der Waals surface area contributed by atoms with Crippen LogP contribution in [0.5, 0.6) is 0 Å². The van der Waals surface area contributed by atoms with Crippen LogP contribution in [0.2, 0.25) is 0 Å². The molecule has 0 atom stereocenters. The van der Waals surface area contributed by atoms with Gasteiger partial charge in [0, 0.05) is 43.8 Å². The van der Waals surface area contributed by atoms with E-state index in [0.29, 0.717) is 37.4 Å². The normalized spacial score (nSPS) is 16.7. The van der Waals surface area contributed by atoms with Crippen molar-refractivity contribution in [2.45, 2.75) is 25.3 Å². The number of anilines is 1. The first-order valence-corrected chi connectivity index (χ1v) is 9.42. The fourth-order valence-corrected chi connectivity index (χ4v) is 3.78. The second-order valence-electron chi connectivity index (χ2n) is 7.34. The van der Waals surface area contributed by atoms with Crippen molar-refractivity contribution in [3.63, 3.8) is 0 Å². The van der Waals surface area contributed by atoms with Crippen LogP contribution in [0.4, 0.5) is 10.1 Å². The van der Waals surface area contributed by atoms with Crippen molar-refractivity contribution < 1.29 is 19.1 Å². The number of hydrogen-bond donors (Lipinski definition) is 1. The van der Waals surface area contributed by atoms with Crippen LogP contribution >= 0.6 is 0 Å². The molecule has 0 spiro atoms. The Labute approximate surface area is 165 Å². The summed E-state index contributed by atoms with van der Waals surface area (Å²) in [5, 5.41) is 18.0. The number of hydrogen-bond acceptors (Lipinski definition) is 5. The number of carbonyl (C=O) groups is 2. The fourth-order valence-electron chi connectivity index (χ4n) is 3.78. The molecular weight excluding hydrogens is 379 g/mol. The minimum absolute atomic E-state index is 0.0564. The van der Waals surface area contributed by atoms with Crippen LogP contribution in [0.1, 0.15) is 35.7 Å². The molecule has 0 unspecified atom stereocenters. The van der Waals surface area contributed by atoms with E-state index in [9.17, 15) is 23.9 Å². The Kier molecular flexibility index (Phi) is 4.70. The topological polar surface area (TPSA) is 107 Å². The molecule has 1 aromatic carbocycles. The van der Waals surface area contributed by atoms with Crippen molar-refractivity contribution in [2.75, 3.05) is 31.1 Å². The summed E-state index contributed by atoms with van der Waals surface area (Å²) in [6.07, 6.45) is 2.93. The number of fused-ring (bicyclic) bond motifs is 1. The Morgan fingerprint density at radius 1 is 1.21 bits per heavy atom. The van der Waals surface area contributed by atoms with Gasteiger partial charge < -0.3 is 19.5 Å². The van der Waals surface area contributed by atoms with Crippen LogP contribution in [0, 0.1) is 17.1 Å². The Hall–Kier alpha value is -3.41. The largest absolute Gasteiger partial charge is 0.477 e. The number of rotatable bonds is 4. The minimum atomic E-state index is -1.33. The zero-order chi connectivity index (χ0) is 20.7. The molecule has 1 aromatic heterocycles. The van der Waals surface area contributed by atoms with Crippen LogP contribution in [0.25, 0.3) is 10.9 Å². The molecule has 1 saturated heterocycles. The third-order valence-electron chi connectivity index (χ3n) is 5.47. The average molecular weight is 398 g/mol. The maximum absolute atomic E-state index is 14.9. The quantitative estimate of drug-likeness (QED) is 0.841. The zero-order valence-corrected chi connectivity index (χ0v) is 15.6. The second kappa shape index (κ2) is 7.20. The molecule has 0 bridgehead atoms. The molecule has 1 aliphatic carbocycles. The molecule has 9 heteroatoms. The molecule has 1 aliphatic heterocycles. The van der Waals surface area contributed by atoms with Crippen LogP contribution in [-0.2, 0) is 4.79 Å². The fraction of sp³-hybridized carbons (Fsp3) is 0.400. The molecule has 2 fully saturated rings. The lowest BCUT2D eigenvalue weighted by Gasteiger charge is -2.36. The summed E-state index contributed by atoms with van der Waals surface area (Å²) in [5.74, 6) is -2.17. The van der Waals surface area contributed by atoms with Gasteiger partial charge in [0.2, 0.25) is 11.3 Å². The molecule has 2 aromatic rings. The molecule has 8 nitrogen and oxygen atoms in total. The number of nitrogens with zero attached hydrogens (tertiary/aromatic N) is 4. The summed E-state index contributed by atoms with van der Waals surface area (Å²) >= 11 is 0. The number of aromatic nitrogens is 1. The van der Waals surface area contributed by atoms with Crippen LogP contribution in [-0.4, -0.2) is 52.6 Å². The van der Waals surface area contributed by atoms with E-state index in [4.69, 9.17) is 5.26 Å². The van der Waals surface area contributed by atoms with Gasteiger partial charge in [-0.2, -0.15) is 5.26 Å². The summed E-state index contributed by atoms with van der Waals surface area (Å²) in [7, 11) is 0. The van der Waals surface area contributed by atoms with Gasteiger partial charge in [0.05, 0.1) is 17.3 Å². The summed E-state index contributed by atoms with van der Waals surface area (Å²) in [4.78, 5) is 39.2. The van der Waals surface area contributed by atoms with Crippen molar-refractivity contribution in [1.29, 1.82) is 5.26 Å². The number of amides is 1. The Morgan fingerprint density at radius 2 is 1.90 bits per heavy atom. The Balaban J connectivity index is 1.71. The molecular formula is C20H19FN4O4. The third kappa shape index (κ3) is 3.42. The highest BCUT2D eigenvalue weighted by atomic mass is 19.1. The molecule has 4 rings (SSSR count). The highest BCUT2D eigenvalue weighted by Gasteiger charge is 2.29. The summed E-state index contributed by atoms with van der Waals surface area (Å²) < 4.78 is 16.6. The number of nitriles is 1. The molecule has 150 valence electrons. The molecule has 2 aliphatic rings. The first-order chi connectivity index (χ1) is 13.9. The SMILES string of the molecule is N#CCC(=O)N1CCN(c2cc3c(cc2F)c(=O)c(C(=O)O)cn3C2CC2)CC1. The van der Waals surface area contributed by atoms with Gasteiger partial charge in [-0.05, 0) is 25.0 Å². The number of carboxylic acids is 1. The maximum Gasteiger partial charge on any atom is 0.341 e. The van der Waals surface area contributed by atoms with E-state index in [1.165, 1.54) is 6.20 Å². The smallest absolute Gasteiger partial charge is 0.341 e. The van der Waals surface area contributed by atoms with Crippen molar-refractivity contribution >= 4 is 28.5 Å². The highest BCUT2D eigenvalue weighted by molar-refractivity contribution is 5.93. The predicted molar refractivity (Wildman–Crippen MR) is 102 cm³/mol. The number of aromatic carboxylic acids is 1. The first kappa shape index (κ1) is 18.9. The second-order valence-corrected chi connectivity index (χ2v) is 7.34. The van der Waals surface area contributed by atoms with Crippen molar-refractivity contribution in [2.24, 2.45) is 0 Å². The van der Waals surface area contributed by atoms with E-state index in [0.717, 1.165) is 18.9 Å². The molecule has 2 heterocycles. The summed E-state index contributed by atoms with van der Waals surface area (Å²) in [5.41, 5.74) is -0.216. The molecule has 0 radical (unpaired) electrons. The van der Waals surface area contributed by atoms with Crippen LogP contribution < -0.4 is 10.3 Å². The van der Waals surface area contributed by atoms with E-state index in [1.807, 2.05) is 6.07 Å². The van der Waals surface area contributed by atoms with E-state index < -0.39 is 17.2 Å². The standard InChI is InChI=1S/C20H19FN4O4/c21-15-9-13-16(25(12-1-2-12)11-14(19(13)27)20(28)29)10-17(15)23-5-7-24(8-6-23)18(26)3-4-22/h9-12H,1-3,5-8H2,(H,28,29). The highest BCUT2D eigenvalue weighted by Crippen LogP contribution is 2.38. The van der Waals surface area contributed by atoms with Crippen molar-refractivity contribution in [1.82, 2.24) is 9.47 Å². The van der Waals surface area contributed by atoms with E-state index in [-0.39, 0.29) is 29.3 Å². The maximum atomic E-state index is 14.9. The van der Waals surface area contributed by atoms with E-state index in [1.54, 1.807) is 20.4 Å². The molecule has 29 heavy (non-hydrogen) atoms. The monoisotopic (exact) mass is 398 g/mol. The first-order valence-electron chi connectivity index (χ1n) is 9.42. The number of halogens is 1. The van der Waals surface area contributed by atoms with Gasteiger partial charge in [-0.3, -0.25) is 9.59 Å². The van der Waals surface area contributed by atoms with Crippen LogP contribution in [0.3, 0.4) is 0 Å². The van der Waals surface area contributed by atoms with Gasteiger partial charge in [-0.15, -0.1) is 0 Å². The molecule has 1 N–H and O–H groups in total. The Bertz CT molecular complexity index is 1110. The summed E-state index contributed by atoms with van der Waals surface area (Å²) in [6, 6.07) is 4.66. The van der Waals surface area contributed by atoms with E-state index >= 15 is 0 Å². The molecule has 1 amide bonds. The number of carboxylic acid groups (broad SMARTS) is 1. The lowest BCUT2D eigenvalue weighted by molar-refractivity contribution is -0.130. The number of carbonyl (C=O) groups excluding carboxylic acids is 1. The van der Waals surface area contributed by atoms with E-state index in [2.05, 4.69) is 0 Å². The minimum Gasteiger partial charge on any atom is -0.477 e. The third-order valence-corrected chi connectivity index (χ3v) is 5.47. The average Bonchev–Trinajstić information content (AvgIpc) is 3.53. The van der Waals surface area contributed by atoms with Crippen molar-refractivity contribution in [3.8, 4) is 6.07 Å². The lowest BCUT2D eigenvalue weighted by Crippen LogP contribution is -2.49. The van der Waals surface area contributed by atoms with Gasteiger partial charge in [0.15, 0.2) is 0 Å². The van der Waals surface area contributed by atoms with Gasteiger partial charge in [-0.25, -0.2) is 9.18 Å². The molecule has 1 saturated carbocycles. The van der Waals surface area contributed by atoms with Gasteiger partial charge in [-0.1, -0.05) is 0 Å². The zero-order valence-electron chi connectivity index (χ0n) is 15.6. The number of piperazine rings is 1. The lowest BCUT2D eigenvalue weighted by atomic mass is 10.1. The van der Waals surface area contributed by atoms with Gasteiger partial charge in [0.25, 0.3) is 0 Å². The number of pyridine rings is 1. The van der Waals surface area contributed by atoms with Crippen LogP contribution in [0.15, 0.2) is 23.1 Å². The Morgan fingerprint density at radius 3 is 2.48 bits per heavy atom. The summed E-state index contributed by atoms with van der Waals surface area (Å²) in [6.45, 7) is 1.57. The van der Waals surface area contributed by atoms with Gasteiger partial charge in [0.1, 0.15) is 17.8 Å². The number of benzene rings is 1. The predicted octanol–water partition coefficient (Wildman–Crippen LogP) is 1.74. The van der Waals surface area contributed by atoms with Gasteiger partial charge >= 0.3 is 5.97 Å². The van der Waals surface area contributed by atoms with Crippen molar-refractivity contribution in [3.05, 3.63) is 39.9 Å².